The van der Waals surface area contributed by atoms with Crippen molar-refractivity contribution in [1.29, 1.82) is 0 Å². The number of hydrogen-bond donors (Lipinski definition) is 0. The van der Waals surface area contributed by atoms with Crippen molar-refractivity contribution in [3.8, 4) is 5.75 Å². The van der Waals surface area contributed by atoms with Gasteiger partial charge < -0.3 is 14.6 Å². The van der Waals surface area contributed by atoms with Crippen LogP contribution in [-0.4, -0.2) is 17.3 Å². The Kier molecular flexibility index (Phi) is 4.30. The van der Waals surface area contributed by atoms with Crippen LogP contribution in [0.5, 0.6) is 5.75 Å². The lowest BCUT2D eigenvalue weighted by Crippen LogP contribution is -2.23. The Morgan fingerprint density at radius 1 is 1.33 bits per heavy atom. The number of carbonyl (C=O) groups excluding carboxylic acids is 2. The van der Waals surface area contributed by atoms with Crippen LogP contribution in [0.15, 0.2) is 24.3 Å². The van der Waals surface area contributed by atoms with Gasteiger partial charge in [-0.15, -0.1) is 0 Å². The second kappa shape index (κ2) is 5.50. The second-order valence-corrected chi connectivity index (χ2v) is 3.49. The number of hydrogen-bond acceptors (Lipinski definition) is 4. The molecule has 0 N–H and O–H groups in total. The highest BCUT2D eigenvalue weighted by Crippen LogP contribution is 2.17. The van der Waals surface area contributed by atoms with Gasteiger partial charge >= 0.3 is 5.97 Å². The van der Waals surface area contributed by atoms with Crippen LogP contribution in [0.25, 0.3) is 0 Å². The van der Waals surface area contributed by atoms with E-state index in [0.717, 1.165) is 0 Å². The van der Waals surface area contributed by atoms with Gasteiger partial charge in [0.15, 0.2) is 0 Å². The molecule has 0 aliphatic heterocycles. The maximum atomic E-state index is 11.1. The molecule has 0 aliphatic carbocycles. The SMILES string of the molecule is O=C(CCBr)Oc1ccccc1C(=O)[O-]. The molecule has 0 heterocycles. The summed E-state index contributed by atoms with van der Waals surface area (Å²) in [6.07, 6.45) is 0.182. The summed E-state index contributed by atoms with van der Waals surface area (Å²) in [6, 6.07) is 5.86. The Hall–Kier alpha value is -1.36. The zero-order chi connectivity index (χ0) is 11.3. The van der Waals surface area contributed by atoms with Gasteiger partial charge in [-0.05, 0) is 12.1 Å². The number of esters is 1. The third-order valence-electron chi connectivity index (χ3n) is 1.63. The molecular weight excluding hydrogens is 264 g/mol. The van der Waals surface area contributed by atoms with Crippen LogP contribution in [-0.2, 0) is 4.79 Å². The van der Waals surface area contributed by atoms with Crippen molar-refractivity contribution in [2.45, 2.75) is 6.42 Å². The first kappa shape index (κ1) is 11.7. The van der Waals surface area contributed by atoms with Crippen LogP contribution < -0.4 is 9.84 Å². The Labute approximate surface area is 95.0 Å². The second-order valence-electron chi connectivity index (χ2n) is 2.70. The van der Waals surface area contributed by atoms with E-state index in [2.05, 4.69) is 15.9 Å². The molecule has 0 aliphatic rings. The fraction of sp³-hybridized carbons (Fsp3) is 0.200. The molecule has 0 unspecified atom stereocenters. The van der Waals surface area contributed by atoms with Crippen LogP contribution >= 0.6 is 15.9 Å². The van der Waals surface area contributed by atoms with Gasteiger partial charge in [0.05, 0.1) is 12.4 Å². The van der Waals surface area contributed by atoms with Crippen LogP contribution in [0.3, 0.4) is 0 Å². The highest BCUT2D eigenvalue weighted by Gasteiger charge is 2.08. The number of halogens is 1. The minimum absolute atomic E-state index is 0.0171. The van der Waals surface area contributed by atoms with Gasteiger partial charge in [-0.1, -0.05) is 28.1 Å². The van der Waals surface area contributed by atoms with Gasteiger partial charge in [-0.2, -0.15) is 0 Å². The van der Waals surface area contributed by atoms with Crippen molar-refractivity contribution in [3.05, 3.63) is 29.8 Å². The third-order valence-corrected chi connectivity index (χ3v) is 2.03. The summed E-state index contributed by atoms with van der Waals surface area (Å²) in [7, 11) is 0. The molecule has 0 radical (unpaired) electrons. The van der Waals surface area contributed by atoms with Gasteiger partial charge in [-0.25, -0.2) is 0 Å². The van der Waals surface area contributed by atoms with Crippen LogP contribution in [0, 0.1) is 0 Å². The monoisotopic (exact) mass is 271 g/mol. The summed E-state index contributed by atoms with van der Waals surface area (Å²) in [5.74, 6) is -1.83. The molecule has 0 atom stereocenters. The molecular formula is C10H8BrO4-. The number of carbonyl (C=O) groups is 2. The molecule has 5 heteroatoms. The molecule has 0 aromatic heterocycles. The first-order chi connectivity index (χ1) is 7.15. The van der Waals surface area contributed by atoms with Crippen LogP contribution in [0.2, 0.25) is 0 Å². The zero-order valence-electron chi connectivity index (χ0n) is 7.73. The van der Waals surface area contributed by atoms with Gasteiger partial charge in [-0.3, -0.25) is 4.79 Å². The van der Waals surface area contributed by atoms with Crippen molar-refractivity contribution < 1.29 is 19.4 Å². The van der Waals surface area contributed by atoms with Gasteiger partial charge in [0.25, 0.3) is 0 Å². The normalized spacial score (nSPS) is 9.67. The van der Waals surface area contributed by atoms with Gasteiger partial charge in [0, 0.05) is 10.9 Å². The van der Waals surface area contributed by atoms with E-state index in [1.807, 2.05) is 0 Å². The highest BCUT2D eigenvalue weighted by atomic mass is 79.9. The zero-order valence-corrected chi connectivity index (χ0v) is 9.32. The molecule has 0 bridgehead atoms. The van der Waals surface area contributed by atoms with E-state index in [1.54, 1.807) is 6.07 Å². The van der Waals surface area contributed by atoms with Crippen molar-refractivity contribution in [1.82, 2.24) is 0 Å². The molecule has 15 heavy (non-hydrogen) atoms. The summed E-state index contributed by atoms with van der Waals surface area (Å²) in [5.41, 5.74) is -0.125. The lowest BCUT2D eigenvalue weighted by atomic mass is 10.2. The average Bonchev–Trinajstić information content (AvgIpc) is 2.18. The minimum atomic E-state index is -1.36. The van der Waals surface area contributed by atoms with Gasteiger partial charge in [0.2, 0.25) is 0 Å². The summed E-state index contributed by atoms with van der Waals surface area (Å²) >= 11 is 3.08. The van der Waals surface area contributed by atoms with Crippen molar-refractivity contribution in [3.63, 3.8) is 0 Å². The van der Waals surface area contributed by atoms with E-state index in [4.69, 9.17) is 4.74 Å². The summed E-state index contributed by atoms with van der Waals surface area (Å²) < 4.78 is 4.86. The highest BCUT2D eigenvalue weighted by molar-refractivity contribution is 9.09. The number of para-hydroxylation sites is 1. The Morgan fingerprint density at radius 2 is 2.00 bits per heavy atom. The number of rotatable bonds is 4. The lowest BCUT2D eigenvalue weighted by Gasteiger charge is -2.09. The molecule has 0 fully saturated rings. The Morgan fingerprint density at radius 3 is 2.60 bits per heavy atom. The van der Waals surface area contributed by atoms with E-state index in [-0.39, 0.29) is 17.7 Å². The van der Waals surface area contributed by atoms with E-state index < -0.39 is 11.9 Å². The predicted molar refractivity (Wildman–Crippen MR) is 54.8 cm³/mol. The van der Waals surface area contributed by atoms with E-state index in [0.29, 0.717) is 5.33 Å². The number of carboxylic acid groups (broad SMARTS) is 1. The largest absolute Gasteiger partial charge is 0.545 e. The number of benzene rings is 1. The smallest absolute Gasteiger partial charge is 0.312 e. The fourth-order valence-electron chi connectivity index (χ4n) is 0.975. The van der Waals surface area contributed by atoms with Crippen LogP contribution in [0.1, 0.15) is 16.8 Å². The van der Waals surface area contributed by atoms with E-state index in [9.17, 15) is 14.7 Å². The van der Waals surface area contributed by atoms with E-state index >= 15 is 0 Å². The average molecular weight is 272 g/mol. The Bertz CT molecular complexity index is 375. The number of aromatic carboxylic acids is 1. The van der Waals surface area contributed by atoms with Crippen molar-refractivity contribution in [2.24, 2.45) is 0 Å². The quantitative estimate of drug-likeness (QED) is 0.460. The summed E-state index contributed by atoms with van der Waals surface area (Å²) in [6.45, 7) is 0. The molecule has 4 nitrogen and oxygen atoms in total. The van der Waals surface area contributed by atoms with E-state index in [1.165, 1.54) is 18.2 Å². The molecule has 1 aromatic carbocycles. The maximum absolute atomic E-state index is 11.1. The number of alkyl halides is 1. The molecule has 1 rings (SSSR count). The van der Waals surface area contributed by atoms with Crippen molar-refractivity contribution in [2.75, 3.05) is 5.33 Å². The molecule has 0 saturated heterocycles. The van der Waals surface area contributed by atoms with Crippen LogP contribution in [0.4, 0.5) is 0 Å². The Balaban J connectivity index is 2.84. The third kappa shape index (κ3) is 3.36. The maximum Gasteiger partial charge on any atom is 0.312 e. The van der Waals surface area contributed by atoms with Gasteiger partial charge in [0.1, 0.15) is 5.75 Å². The molecule has 0 spiro atoms. The fourth-order valence-corrected chi connectivity index (χ4v) is 1.30. The molecule has 1 aromatic rings. The summed E-state index contributed by atoms with van der Waals surface area (Å²) in [5, 5.41) is 11.1. The number of carboxylic acids is 1. The number of ether oxygens (including phenoxy) is 1. The topological polar surface area (TPSA) is 66.4 Å². The van der Waals surface area contributed by atoms with Crippen molar-refractivity contribution >= 4 is 27.9 Å². The first-order valence-electron chi connectivity index (χ1n) is 4.22. The summed E-state index contributed by atoms with van der Waals surface area (Å²) in [4.78, 5) is 21.8. The molecule has 0 amide bonds. The molecule has 80 valence electrons. The standard InChI is InChI=1S/C10H9BrO4/c11-6-5-9(12)15-8-4-2-1-3-7(8)10(13)14/h1-4H,5-6H2,(H,13,14)/p-1. The minimum Gasteiger partial charge on any atom is -0.545 e. The molecule has 0 saturated carbocycles. The lowest BCUT2D eigenvalue weighted by molar-refractivity contribution is -0.255. The first-order valence-corrected chi connectivity index (χ1v) is 5.34. The predicted octanol–water partition coefficient (Wildman–Crippen LogP) is 0.740.